The quantitative estimate of drug-likeness (QED) is 0.870. The van der Waals surface area contributed by atoms with Crippen LogP contribution in [0.4, 0.5) is 0 Å². The molecule has 2 rings (SSSR count). The van der Waals surface area contributed by atoms with Crippen molar-refractivity contribution in [3.63, 3.8) is 0 Å². The monoisotopic (exact) mass is 226 g/mol. The van der Waals surface area contributed by atoms with E-state index < -0.39 is 0 Å². The van der Waals surface area contributed by atoms with Gasteiger partial charge in [-0.25, -0.2) is 0 Å². The number of pyridine rings is 1. The summed E-state index contributed by atoms with van der Waals surface area (Å²) in [5, 5.41) is 0. The summed E-state index contributed by atoms with van der Waals surface area (Å²) in [7, 11) is 0. The molecule has 0 fully saturated rings. The fraction of sp³-hybridized carbons (Fsp3) is 0.267. The Morgan fingerprint density at radius 2 is 2.00 bits per heavy atom. The van der Waals surface area contributed by atoms with Crippen LogP contribution in [0.25, 0.3) is 0 Å². The first kappa shape index (κ1) is 11.8. The maximum absolute atomic E-state index is 6.04. The van der Waals surface area contributed by atoms with Gasteiger partial charge < -0.3 is 5.73 Å². The lowest BCUT2D eigenvalue weighted by molar-refractivity contribution is 0.697. The minimum Gasteiger partial charge on any atom is -0.324 e. The van der Waals surface area contributed by atoms with E-state index >= 15 is 0 Å². The van der Waals surface area contributed by atoms with Crippen molar-refractivity contribution < 1.29 is 0 Å². The average Bonchev–Trinajstić information content (AvgIpc) is 2.39. The summed E-state index contributed by atoms with van der Waals surface area (Å²) >= 11 is 0. The molecule has 0 radical (unpaired) electrons. The molecular weight excluding hydrogens is 208 g/mol. The van der Waals surface area contributed by atoms with Crippen LogP contribution < -0.4 is 5.73 Å². The Kier molecular flexibility index (Phi) is 3.89. The molecule has 1 aromatic carbocycles. The van der Waals surface area contributed by atoms with Gasteiger partial charge in [0.1, 0.15) is 0 Å². The van der Waals surface area contributed by atoms with Crippen molar-refractivity contribution in [3.05, 3.63) is 65.5 Å². The molecule has 0 saturated carbocycles. The molecule has 2 heteroatoms. The van der Waals surface area contributed by atoms with Gasteiger partial charge >= 0.3 is 0 Å². The molecule has 88 valence electrons. The van der Waals surface area contributed by atoms with Gasteiger partial charge in [0.05, 0.1) is 0 Å². The third-order valence-corrected chi connectivity index (χ3v) is 2.95. The van der Waals surface area contributed by atoms with E-state index in [0.717, 1.165) is 12.8 Å². The van der Waals surface area contributed by atoms with E-state index in [4.69, 9.17) is 5.73 Å². The van der Waals surface area contributed by atoms with E-state index in [0.29, 0.717) is 0 Å². The third-order valence-electron chi connectivity index (χ3n) is 2.95. The van der Waals surface area contributed by atoms with E-state index in [2.05, 4.69) is 42.2 Å². The molecule has 0 aliphatic heterocycles. The zero-order chi connectivity index (χ0) is 12.1. The molecule has 2 nitrogen and oxygen atoms in total. The first-order valence-corrected chi connectivity index (χ1v) is 6.03. The molecule has 1 unspecified atom stereocenters. The van der Waals surface area contributed by atoms with Crippen molar-refractivity contribution in [2.45, 2.75) is 25.8 Å². The first-order chi connectivity index (χ1) is 8.29. The molecule has 0 saturated heterocycles. The number of nitrogens with zero attached hydrogens (tertiary/aromatic N) is 1. The smallest absolute Gasteiger partial charge is 0.0303 e. The van der Waals surface area contributed by atoms with Gasteiger partial charge in [-0.2, -0.15) is 0 Å². The second-order valence-corrected chi connectivity index (χ2v) is 4.30. The summed E-state index contributed by atoms with van der Waals surface area (Å²) in [6, 6.07) is 12.7. The van der Waals surface area contributed by atoms with Gasteiger partial charge in [0, 0.05) is 18.4 Å². The minimum absolute atomic E-state index is 0.142. The lowest BCUT2D eigenvalue weighted by Gasteiger charge is -2.10. The van der Waals surface area contributed by atoms with Gasteiger partial charge in [0.25, 0.3) is 0 Å². The van der Waals surface area contributed by atoms with E-state index in [1.54, 1.807) is 6.20 Å². The highest BCUT2D eigenvalue weighted by molar-refractivity contribution is 5.29. The normalized spacial score (nSPS) is 12.4. The van der Waals surface area contributed by atoms with E-state index in [9.17, 15) is 0 Å². The first-order valence-electron chi connectivity index (χ1n) is 6.03. The van der Waals surface area contributed by atoms with E-state index in [-0.39, 0.29) is 6.04 Å². The van der Waals surface area contributed by atoms with E-state index in [1.807, 2.05) is 12.3 Å². The number of benzene rings is 1. The molecule has 0 aliphatic rings. The molecule has 0 bridgehead atoms. The predicted octanol–water partition coefficient (Wildman–Crippen LogP) is 3.08. The number of rotatable bonds is 4. The maximum Gasteiger partial charge on any atom is 0.0303 e. The average molecular weight is 226 g/mol. The van der Waals surface area contributed by atoms with Crippen LogP contribution in [0.15, 0.2) is 48.8 Å². The Morgan fingerprint density at radius 1 is 1.18 bits per heavy atom. The van der Waals surface area contributed by atoms with Gasteiger partial charge in [-0.15, -0.1) is 0 Å². The fourth-order valence-corrected chi connectivity index (χ4v) is 1.91. The summed E-state index contributed by atoms with van der Waals surface area (Å²) in [5.74, 6) is 0. The van der Waals surface area contributed by atoms with Crippen LogP contribution >= 0.6 is 0 Å². The van der Waals surface area contributed by atoms with Crippen LogP contribution in [-0.2, 0) is 6.42 Å². The summed E-state index contributed by atoms with van der Waals surface area (Å²) in [6.45, 7) is 2.11. The second-order valence-electron chi connectivity index (χ2n) is 4.30. The van der Waals surface area contributed by atoms with Crippen molar-refractivity contribution >= 4 is 0 Å². The van der Waals surface area contributed by atoms with Gasteiger partial charge in [-0.3, -0.25) is 4.98 Å². The van der Waals surface area contributed by atoms with E-state index in [1.165, 1.54) is 16.7 Å². The lowest BCUT2D eigenvalue weighted by atomic mass is 9.99. The molecule has 2 N–H and O–H groups in total. The summed E-state index contributed by atoms with van der Waals surface area (Å²) < 4.78 is 0. The molecule has 1 atom stereocenters. The van der Waals surface area contributed by atoms with Gasteiger partial charge in [0.15, 0.2) is 0 Å². The van der Waals surface area contributed by atoms with Crippen molar-refractivity contribution in [1.82, 2.24) is 4.98 Å². The van der Waals surface area contributed by atoms with Crippen molar-refractivity contribution in [1.29, 1.82) is 0 Å². The number of aromatic nitrogens is 1. The van der Waals surface area contributed by atoms with Gasteiger partial charge in [-0.1, -0.05) is 37.3 Å². The zero-order valence-electron chi connectivity index (χ0n) is 10.1. The standard InChI is InChI=1S/C15H18N2/c1-2-15(16)14-7-3-5-12(10-14)9-13-6-4-8-17-11-13/h3-8,10-11,15H,2,9,16H2,1H3. The topological polar surface area (TPSA) is 38.9 Å². The molecule has 0 amide bonds. The van der Waals surface area contributed by atoms with Crippen LogP contribution in [0.3, 0.4) is 0 Å². The number of nitrogens with two attached hydrogens (primary N) is 1. The number of hydrogen-bond donors (Lipinski definition) is 1. The van der Waals surface area contributed by atoms with Crippen LogP contribution in [0.5, 0.6) is 0 Å². The predicted molar refractivity (Wildman–Crippen MR) is 70.7 cm³/mol. The van der Waals surface area contributed by atoms with Crippen molar-refractivity contribution in [3.8, 4) is 0 Å². The lowest BCUT2D eigenvalue weighted by Crippen LogP contribution is -2.08. The zero-order valence-corrected chi connectivity index (χ0v) is 10.1. The molecular formula is C15H18N2. The summed E-state index contributed by atoms with van der Waals surface area (Å²) in [4.78, 5) is 4.13. The maximum atomic E-state index is 6.04. The Hall–Kier alpha value is -1.67. The van der Waals surface area contributed by atoms with Crippen molar-refractivity contribution in [2.75, 3.05) is 0 Å². The van der Waals surface area contributed by atoms with Crippen LogP contribution in [0.1, 0.15) is 36.1 Å². The van der Waals surface area contributed by atoms with Crippen molar-refractivity contribution in [2.24, 2.45) is 5.73 Å². The molecule has 1 heterocycles. The molecule has 1 aromatic heterocycles. The summed E-state index contributed by atoms with van der Waals surface area (Å²) in [5.41, 5.74) is 9.78. The second kappa shape index (κ2) is 5.60. The van der Waals surface area contributed by atoms with Crippen LogP contribution in [-0.4, -0.2) is 4.98 Å². The largest absolute Gasteiger partial charge is 0.324 e. The third kappa shape index (κ3) is 3.14. The molecule has 17 heavy (non-hydrogen) atoms. The Bertz CT molecular complexity index is 465. The Labute approximate surface area is 103 Å². The van der Waals surface area contributed by atoms with Crippen LogP contribution in [0, 0.1) is 0 Å². The minimum atomic E-state index is 0.142. The highest BCUT2D eigenvalue weighted by Gasteiger charge is 2.04. The number of hydrogen-bond acceptors (Lipinski definition) is 2. The summed E-state index contributed by atoms with van der Waals surface area (Å²) in [6.07, 6.45) is 5.59. The Balaban J connectivity index is 2.17. The fourth-order valence-electron chi connectivity index (χ4n) is 1.91. The van der Waals surface area contributed by atoms with Gasteiger partial charge in [0.2, 0.25) is 0 Å². The van der Waals surface area contributed by atoms with Gasteiger partial charge in [-0.05, 0) is 35.6 Å². The SMILES string of the molecule is CCC(N)c1cccc(Cc2cccnc2)c1. The molecule has 2 aromatic rings. The highest BCUT2D eigenvalue weighted by Crippen LogP contribution is 2.17. The van der Waals surface area contributed by atoms with Crippen LogP contribution in [0.2, 0.25) is 0 Å². The highest BCUT2D eigenvalue weighted by atomic mass is 14.6. The molecule has 0 spiro atoms. The molecule has 0 aliphatic carbocycles. The Morgan fingerprint density at radius 3 is 2.71 bits per heavy atom.